The number of ether oxygens (including phenoxy) is 2. The molecule has 0 fully saturated rings. The first-order valence-electron chi connectivity index (χ1n) is 6.92. The van der Waals surface area contributed by atoms with E-state index in [0.29, 0.717) is 33.1 Å². The number of aromatic amines is 1. The van der Waals surface area contributed by atoms with E-state index in [1.54, 1.807) is 32.4 Å². The maximum absolute atomic E-state index is 8.79. The molecule has 1 N–H and O–H groups in total. The van der Waals surface area contributed by atoms with Gasteiger partial charge < -0.3 is 9.47 Å². The first-order chi connectivity index (χ1) is 11.7. The second-order valence-electron chi connectivity index (χ2n) is 4.63. The molecule has 0 radical (unpaired) electrons. The van der Waals surface area contributed by atoms with E-state index < -0.39 is 0 Å². The Bertz CT molecular complexity index is 886. The molecule has 0 saturated heterocycles. The Balaban J connectivity index is 1.84. The van der Waals surface area contributed by atoms with E-state index in [1.807, 2.05) is 18.2 Å². The van der Waals surface area contributed by atoms with Crippen LogP contribution in [0.4, 0.5) is 0 Å². The zero-order valence-electron chi connectivity index (χ0n) is 13.0. The van der Waals surface area contributed by atoms with Gasteiger partial charge in [0.1, 0.15) is 22.6 Å². The van der Waals surface area contributed by atoms with Crippen molar-refractivity contribution in [1.82, 2.24) is 20.2 Å². The van der Waals surface area contributed by atoms with E-state index in [1.165, 1.54) is 18.0 Å². The smallest absolute Gasteiger partial charge is 0.215 e. The number of methoxy groups -OCH3 is 2. The van der Waals surface area contributed by atoms with Crippen LogP contribution in [-0.2, 0) is 0 Å². The molecule has 0 unspecified atom stereocenters. The minimum atomic E-state index is 0.512. The van der Waals surface area contributed by atoms with E-state index in [9.17, 15) is 0 Å². The molecule has 0 aliphatic heterocycles. The Morgan fingerprint density at radius 2 is 2.04 bits per heavy atom. The van der Waals surface area contributed by atoms with E-state index >= 15 is 0 Å². The van der Waals surface area contributed by atoms with Crippen LogP contribution in [0.1, 0.15) is 5.56 Å². The molecule has 1 aromatic carbocycles. The number of benzene rings is 1. The Morgan fingerprint density at radius 1 is 1.17 bits per heavy atom. The molecule has 3 rings (SSSR count). The highest BCUT2D eigenvalue weighted by Gasteiger charge is 2.13. The van der Waals surface area contributed by atoms with Crippen molar-refractivity contribution in [3.63, 3.8) is 0 Å². The maximum Gasteiger partial charge on any atom is 0.215 e. The molecule has 0 bridgehead atoms. The SMILES string of the molecule is COc1ccc(-c2nc(Sc3ccc(C#N)cn3)n[nH]2)c(OC)c1. The molecule has 0 aliphatic carbocycles. The number of aromatic nitrogens is 4. The summed E-state index contributed by atoms with van der Waals surface area (Å²) in [5.74, 6) is 1.93. The first kappa shape index (κ1) is 15.8. The van der Waals surface area contributed by atoms with Gasteiger partial charge in [0.15, 0.2) is 5.82 Å². The summed E-state index contributed by atoms with van der Waals surface area (Å²) in [6, 6.07) is 11.0. The zero-order chi connectivity index (χ0) is 16.9. The lowest BCUT2D eigenvalue weighted by Crippen LogP contribution is -1.91. The highest BCUT2D eigenvalue weighted by Crippen LogP contribution is 2.32. The molecular formula is C16H13N5O2S. The summed E-state index contributed by atoms with van der Waals surface area (Å²) in [6.45, 7) is 0. The van der Waals surface area contributed by atoms with Crippen LogP contribution in [-0.4, -0.2) is 34.4 Å². The number of nitrogens with one attached hydrogen (secondary N) is 1. The van der Waals surface area contributed by atoms with Gasteiger partial charge in [0, 0.05) is 12.3 Å². The van der Waals surface area contributed by atoms with Crippen LogP contribution in [0.25, 0.3) is 11.4 Å². The maximum atomic E-state index is 8.79. The van der Waals surface area contributed by atoms with Crippen molar-refractivity contribution < 1.29 is 9.47 Å². The quantitative estimate of drug-likeness (QED) is 0.763. The first-order valence-corrected chi connectivity index (χ1v) is 7.74. The highest BCUT2D eigenvalue weighted by atomic mass is 32.2. The monoisotopic (exact) mass is 339 g/mol. The van der Waals surface area contributed by atoms with Gasteiger partial charge in [0.2, 0.25) is 5.16 Å². The number of hydrogen-bond donors (Lipinski definition) is 1. The second kappa shape index (κ2) is 7.02. The van der Waals surface area contributed by atoms with Gasteiger partial charge in [-0.2, -0.15) is 5.26 Å². The number of hydrogen-bond acceptors (Lipinski definition) is 7. The molecule has 3 aromatic rings. The summed E-state index contributed by atoms with van der Waals surface area (Å²) >= 11 is 1.30. The van der Waals surface area contributed by atoms with Crippen molar-refractivity contribution in [3.05, 3.63) is 42.1 Å². The summed E-state index contributed by atoms with van der Waals surface area (Å²) in [7, 11) is 3.19. The Labute approximate surface area is 142 Å². The molecule has 2 heterocycles. The minimum Gasteiger partial charge on any atom is -0.497 e. The average molecular weight is 339 g/mol. The van der Waals surface area contributed by atoms with Crippen LogP contribution in [0.15, 0.2) is 46.7 Å². The summed E-state index contributed by atoms with van der Waals surface area (Å²) in [5, 5.41) is 17.1. The van der Waals surface area contributed by atoms with Gasteiger partial charge in [-0.15, -0.1) is 5.10 Å². The van der Waals surface area contributed by atoms with Crippen LogP contribution in [0, 0.1) is 11.3 Å². The highest BCUT2D eigenvalue weighted by molar-refractivity contribution is 7.99. The Kier molecular flexibility index (Phi) is 4.63. The van der Waals surface area contributed by atoms with Gasteiger partial charge in [-0.25, -0.2) is 9.97 Å². The number of pyridine rings is 1. The molecule has 24 heavy (non-hydrogen) atoms. The second-order valence-corrected chi connectivity index (χ2v) is 5.62. The van der Waals surface area contributed by atoms with Crippen LogP contribution < -0.4 is 9.47 Å². The van der Waals surface area contributed by atoms with E-state index in [0.717, 1.165) is 5.56 Å². The third-order valence-electron chi connectivity index (χ3n) is 3.19. The molecular weight excluding hydrogens is 326 g/mol. The van der Waals surface area contributed by atoms with Gasteiger partial charge >= 0.3 is 0 Å². The van der Waals surface area contributed by atoms with Gasteiger partial charge in [-0.05, 0) is 36.0 Å². The van der Waals surface area contributed by atoms with Crippen molar-refractivity contribution in [2.75, 3.05) is 14.2 Å². The predicted octanol–water partition coefficient (Wildman–Crippen LogP) is 2.91. The van der Waals surface area contributed by atoms with Crippen LogP contribution >= 0.6 is 11.8 Å². The molecule has 8 heteroatoms. The standard InChI is InChI=1S/C16H13N5O2S/c1-22-11-4-5-12(13(7-11)23-2)15-19-16(21-20-15)24-14-6-3-10(8-17)9-18-14/h3-7,9H,1-2H3,(H,19,20,21). The van der Waals surface area contributed by atoms with Crippen molar-refractivity contribution in [1.29, 1.82) is 5.26 Å². The number of rotatable bonds is 5. The summed E-state index contributed by atoms with van der Waals surface area (Å²) in [6.07, 6.45) is 1.52. The number of nitriles is 1. The van der Waals surface area contributed by atoms with Crippen molar-refractivity contribution in [2.45, 2.75) is 10.2 Å². The van der Waals surface area contributed by atoms with Gasteiger partial charge in [-0.3, -0.25) is 5.10 Å². The molecule has 120 valence electrons. The topological polar surface area (TPSA) is 96.7 Å². The number of H-pyrrole nitrogens is 1. The predicted molar refractivity (Wildman–Crippen MR) is 88.0 cm³/mol. The van der Waals surface area contributed by atoms with E-state index in [4.69, 9.17) is 14.7 Å². The summed E-state index contributed by atoms with van der Waals surface area (Å²) < 4.78 is 10.6. The molecule has 0 amide bonds. The van der Waals surface area contributed by atoms with Crippen LogP contribution in [0.3, 0.4) is 0 Å². The molecule has 0 aliphatic rings. The molecule has 0 saturated carbocycles. The summed E-state index contributed by atoms with van der Waals surface area (Å²) in [5.41, 5.74) is 1.29. The fraction of sp³-hybridized carbons (Fsp3) is 0.125. The third kappa shape index (κ3) is 3.31. The normalized spacial score (nSPS) is 10.2. The molecule has 0 atom stereocenters. The van der Waals surface area contributed by atoms with Crippen molar-refractivity contribution >= 4 is 11.8 Å². The lowest BCUT2D eigenvalue weighted by molar-refractivity contribution is 0.395. The fourth-order valence-corrected chi connectivity index (χ4v) is 2.66. The van der Waals surface area contributed by atoms with Gasteiger partial charge in [0.25, 0.3) is 0 Å². The van der Waals surface area contributed by atoms with Crippen LogP contribution in [0.2, 0.25) is 0 Å². The Morgan fingerprint density at radius 3 is 2.71 bits per heavy atom. The van der Waals surface area contributed by atoms with Gasteiger partial charge in [-0.1, -0.05) is 0 Å². The summed E-state index contributed by atoms with van der Waals surface area (Å²) in [4.78, 5) is 8.64. The lowest BCUT2D eigenvalue weighted by Gasteiger charge is -2.07. The average Bonchev–Trinajstić information content (AvgIpc) is 3.10. The largest absolute Gasteiger partial charge is 0.497 e. The minimum absolute atomic E-state index is 0.512. The molecule has 2 aromatic heterocycles. The molecule has 0 spiro atoms. The number of nitrogens with zero attached hydrogens (tertiary/aromatic N) is 4. The van der Waals surface area contributed by atoms with E-state index in [2.05, 4.69) is 20.2 Å². The van der Waals surface area contributed by atoms with Crippen molar-refractivity contribution in [3.8, 4) is 29.0 Å². The zero-order valence-corrected chi connectivity index (χ0v) is 13.8. The Hall–Kier alpha value is -3.05. The van der Waals surface area contributed by atoms with Gasteiger partial charge in [0.05, 0.1) is 25.3 Å². The third-order valence-corrected chi connectivity index (χ3v) is 4.01. The van der Waals surface area contributed by atoms with E-state index in [-0.39, 0.29) is 0 Å². The lowest BCUT2D eigenvalue weighted by atomic mass is 10.2. The van der Waals surface area contributed by atoms with Crippen LogP contribution in [0.5, 0.6) is 11.5 Å². The van der Waals surface area contributed by atoms with Crippen molar-refractivity contribution in [2.24, 2.45) is 0 Å². The fourth-order valence-electron chi connectivity index (χ4n) is 2.01. The molecule has 7 nitrogen and oxygen atoms in total.